The van der Waals surface area contributed by atoms with Crippen LogP contribution in [-0.2, 0) is 5.41 Å². The van der Waals surface area contributed by atoms with E-state index in [4.69, 9.17) is 0 Å². The maximum Gasteiger partial charge on any atom is 0.323 e. The molecule has 24 heavy (non-hydrogen) atoms. The van der Waals surface area contributed by atoms with E-state index in [0.29, 0.717) is 0 Å². The van der Waals surface area contributed by atoms with Crippen LogP contribution in [0.5, 0.6) is 0 Å². The number of aryl methyl sites for hydroxylation is 1. The van der Waals surface area contributed by atoms with Gasteiger partial charge in [-0.3, -0.25) is 0 Å². The fourth-order valence-electron chi connectivity index (χ4n) is 2.74. The minimum absolute atomic E-state index is 0.0998. The topological polar surface area (TPSA) is 56.9 Å². The standard InChI is InChI=1S/C20H23N3O/c1-13-12-16-17(21-13)6-5-7-18(16)23-19(24)22-15-10-8-14(9-11-15)20(2,3)4/h5-12,21H,1-4H3,(H2,22,23,24). The molecule has 0 atom stereocenters. The summed E-state index contributed by atoms with van der Waals surface area (Å²) in [4.78, 5) is 15.6. The number of amides is 2. The molecule has 0 fully saturated rings. The number of benzene rings is 2. The highest BCUT2D eigenvalue weighted by atomic mass is 16.2. The molecule has 0 bridgehead atoms. The van der Waals surface area contributed by atoms with E-state index < -0.39 is 0 Å². The number of anilines is 2. The molecule has 0 aliphatic heterocycles. The zero-order chi connectivity index (χ0) is 17.3. The first-order valence-corrected chi connectivity index (χ1v) is 8.10. The number of urea groups is 1. The molecule has 3 rings (SSSR count). The van der Waals surface area contributed by atoms with Crippen LogP contribution < -0.4 is 10.6 Å². The summed E-state index contributed by atoms with van der Waals surface area (Å²) in [7, 11) is 0. The maximum atomic E-state index is 12.3. The largest absolute Gasteiger partial charge is 0.359 e. The lowest BCUT2D eigenvalue weighted by Gasteiger charge is -2.19. The Morgan fingerprint density at radius 1 is 1.00 bits per heavy atom. The molecular weight excluding hydrogens is 298 g/mol. The Labute approximate surface area is 142 Å². The van der Waals surface area contributed by atoms with Crippen molar-refractivity contribution in [2.45, 2.75) is 33.1 Å². The molecule has 0 aliphatic carbocycles. The van der Waals surface area contributed by atoms with Gasteiger partial charge < -0.3 is 15.6 Å². The molecule has 0 unspecified atom stereocenters. The van der Waals surface area contributed by atoms with E-state index >= 15 is 0 Å². The minimum atomic E-state index is -0.245. The van der Waals surface area contributed by atoms with Gasteiger partial charge in [-0.25, -0.2) is 4.79 Å². The molecule has 3 N–H and O–H groups in total. The first kappa shape index (κ1) is 16.1. The SMILES string of the molecule is Cc1cc2c(NC(=O)Nc3ccc(C(C)(C)C)cc3)cccc2[nH]1. The third-order valence-electron chi connectivity index (χ3n) is 4.06. The van der Waals surface area contributed by atoms with Crippen LogP contribution in [0.25, 0.3) is 10.9 Å². The number of nitrogens with one attached hydrogen (secondary N) is 3. The fourth-order valence-corrected chi connectivity index (χ4v) is 2.74. The Morgan fingerprint density at radius 2 is 1.71 bits per heavy atom. The van der Waals surface area contributed by atoms with E-state index in [1.807, 2.05) is 55.5 Å². The van der Waals surface area contributed by atoms with Crippen molar-refractivity contribution in [1.29, 1.82) is 0 Å². The second kappa shape index (κ2) is 6.04. The molecular formula is C20H23N3O. The highest BCUT2D eigenvalue weighted by Crippen LogP contribution is 2.25. The Balaban J connectivity index is 1.73. The van der Waals surface area contributed by atoms with Gasteiger partial charge >= 0.3 is 6.03 Å². The predicted molar refractivity (Wildman–Crippen MR) is 101 cm³/mol. The van der Waals surface area contributed by atoms with E-state index in [-0.39, 0.29) is 11.4 Å². The van der Waals surface area contributed by atoms with Gasteiger partial charge in [0.05, 0.1) is 5.69 Å². The number of rotatable bonds is 2. The van der Waals surface area contributed by atoms with Crippen molar-refractivity contribution in [3.8, 4) is 0 Å². The molecule has 2 amide bonds. The van der Waals surface area contributed by atoms with Crippen LogP contribution in [0, 0.1) is 6.92 Å². The molecule has 4 heteroatoms. The molecule has 0 saturated heterocycles. The lowest BCUT2D eigenvalue weighted by atomic mass is 9.87. The average Bonchev–Trinajstić information content (AvgIpc) is 2.88. The number of aromatic nitrogens is 1. The summed E-state index contributed by atoms with van der Waals surface area (Å²) >= 11 is 0. The third-order valence-corrected chi connectivity index (χ3v) is 4.06. The Hall–Kier alpha value is -2.75. The van der Waals surface area contributed by atoms with Crippen molar-refractivity contribution >= 4 is 28.3 Å². The van der Waals surface area contributed by atoms with Crippen LogP contribution in [0.2, 0.25) is 0 Å². The molecule has 0 spiro atoms. The number of H-pyrrole nitrogens is 1. The quantitative estimate of drug-likeness (QED) is 0.580. The molecule has 2 aromatic carbocycles. The molecule has 0 radical (unpaired) electrons. The van der Waals surface area contributed by atoms with Gasteiger partial charge in [0.25, 0.3) is 0 Å². The van der Waals surface area contributed by atoms with Gasteiger partial charge in [0.1, 0.15) is 0 Å². The van der Waals surface area contributed by atoms with Crippen molar-refractivity contribution in [2.24, 2.45) is 0 Å². The summed E-state index contributed by atoms with van der Waals surface area (Å²) < 4.78 is 0. The second-order valence-electron chi connectivity index (χ2n) is 7.13. The van der Waals surface area contributed by atoms with E-state index in [1.165, 1.54) is 5.56 Å². The molecule has 0 saturated carbocycles. The number of carbonyl (C=O) groups excluding carboxylic acids is 1. The van der Waals surface area contributed by atoms with Crippen molar-refractivity contribution < 1.29 is 4.79 Å². The van der Waals surface area contributed by atoms with E-state index in [1.54, 1.807) is 0 Å². The van der Waals surface area contributed by atoms with Gasteiger partial charge in [-0.05, 0) is 48.2 Å². The number of aromatic amines is 1. The van der Waals surface area contributed by atoms with Crippen molar-refractivity contribution in [1.82, 2.24) is 4.98 Å². The number of carbonyl (C=O) groups is 1. The smallest absolute Gasteiger partial charge is 0.323 e. The normalized spacial score (nSPS) is 11.5. The number of fused-ring (bicyclic) bond motifs is 1. The number of hydrogen-bond donors (Lipinski definition) is 3. The molecule has 124 valence electrons. The average molecular weight is 321 g/mol. The lowest BCUT2D eigenvalue weighted by molar-refractivity contribution is 0.262. The fraction of sp³-hybridized carbons (Fsp3) is 0.250. The van der Waals surface area contributed by atoms with Gasteiger partial charge in [0.15, 0.2) is 0 Å². The van der Waals surface area contributed by atoms with Crippen molar-refractivity contribution in [3.63, 3.8) is 0 Å². The summed E-state index contributed by atoms with van der Waals surface area (Å²) in [6.45, 7) is 8.51. The van der Waals surface area contributed by atoms with Crippen molar-refractivity contribution in [3.05, 3.63) is 59.8 Å². The van der Waals surface area contributed by atoms with Crippen LogP contribution in [0.3, 0.4) is 0 Å². The van der Waals surface area contributed by atoms with Crippen LogP contribution in [-0.4, -0.2) is 11.0 Å². The summed E-state index contributed by atoms with van der Waals surface area (Å²) in [5, 5.41) is 6.81. The van der Waals surface area contributed by atoms with E-state index in [9.17, 15) is 4.79 Å². The highest BCUT2D eigenvalue weighted by Gasteiger charge is 2.13. The first-order chi connectivity index (χ1) is 11.3. The zero-order valence-corrected chi connectivity index (χ0v) is 14.5. The summed E-state index contributed by atoms with van der Waals surface area (Å²) in [6, 6.07) is 15.6. The molecule has 0 aliphatic rings. The van der Waals surface area contributed by atoms with Gasteiger partial charge in [-0.15, -0.1) is 0 Å². The van der Waals surface area contributed by atoms with Crippen LogP contribution >= 0.6 is 0 Å². The van der Waals surface area contributed by atoms with E-state index in [0.717, 1.165) is 28.0 Å². The van der Waals surface area contributed by atoms with Gasteiger partial charge in [-0.1, -0.05) is 39.0 Å². The zero-order valence-electron chi connectivity index (χ0n) is 14.5. The second-order valence-corrected chi connectivity index (χ2v) is 7.13. The predicted octanol–water partition coefficient (Wildman–Crippen LogP) is 5.42. The Bertz CT molecular complexity index is 870. The monoisotopic (exact) mass is 321 g/mol. The van der Waals surface area contributed by atoms with Crippen LogP contribution in [0.1, 0.15) is 32.0 Å². The molecule has 1 heterocycles. The van der Waals surface area contributed by atoms with Gasteiger partial charge in [0.2, 0.25) is 0 Å². The van der Waals surface area contributed by atoms with E-state index in [2.05, 4.69) is 36.4 Å². The van der Waals surface area contributed by atoms with Crippen LogP contribution in [0.4, 0.5) is 16.2 Å². The first-order valence-electron chi connectivity index (χ1n) is 8.10. The third kappa shape index (κ3) is 3.43. The van der Waals surface area contributed by atoms with Crippen molar-refractivity contribution in [2.75, 3.05) is 10.6 Å². The highest BCUT2D eigenvalue weighted by molar-refractivity contribution is 6.05. The van der Waals surface area contributed by atoms with Crippen LogP contribution in [0.15, 0.2) is 48.5 Å². The summed E-state index contributed by atoms with van der Waals surface area (Å²) in [6.07, 6.45) is 0. The maximum absolute atomic E-state index is 12.3. The Kier molecular flexibility index (Phi) is 4.06. The molecule has 3 aromatic rings. The minimum Gasteiger partial charge on any atom is -0.359 e. The van der Waals surface area contributed by atoms with Gasteiger partial charge in [-0.2, -0.15) is 0 Å². The van der Waals surface area contributed by atoms with Gasteiger partial charge in [0, 0.05) is 22.3 Å². The lowest BCUT2D eigenvalue weighted by Crippen LogP contribution is -2.19. The number of hydrogen-bond acceptors (Lipinski definition) is 1. The molecule has 1 aromatic heterocycles. The summed E-state index contributed by atoms with van der Waals surface area (Å²) in [5.41, 5.74) is 4.99. The summed E-state index contributed by atoms with van der Waals surface area (Å²) in [5.74, 6) is 0. The Morgan fingerprint density at radius 3 is 2.38 bits per heavy atom. The molecule has 4 nitrogen and oxygen atoms in total.